The van der Waals surface area contributed by atoms with Crippen LogP contribution in [-0.4, -0.2) is 29.0 Å². The van der Waals surface area contributed by atoms with Crippen molar-refractivity contribution in [2.24, 2.45) is 0 Å². The van der Waals surface area contributed by atoms with Crippen LogP contribution in [0.15, 0.2) is 36.4 Å². The number of amides is 2. The number of Topliss-reactive ketones (excluding diaryl/α,β-unsaturated/α-hetero) is 1. The summed E-state index contributed by atoms with van der Waals surface area (Å²) in [5.74, 6) is -0.502. The number of fused-ring (bicyclic) bond motifs is 1. The van der Waals surface area contributed by atoms with Gasteiger partial charge in [-0.3, -0.25) is 14.5 Å². The molecule has 1 heterocycles. The van der Waals surface area contributed by atoms with Crippen molar-refractivity contribution in [2.75, 3.05) is 6.54 Å². The molecule has 1 aliphatic rings. The molecule has 1 aromatic rings. The molecule has 0 N–H and O–H groups in total. The number of ketones is 1. The molecule has 0 fully saturated rings. The van der Waals surface area contributed by atoms with Gasteiger partial charge < -0.3 is 4.79 Å². The van der Waals surface area contributed by atoms with Crippen molar-refractivity contribution in [3.8, 4) is 0 Å². The fourth-order valence-corrected chi connectivity index (χ4v) is 2.04. The summed E-state index contributed by atoms with van der Waals surface area (Å²) in [6.07, 6.45) is 0.894. The molecule has 4 nitrogen and oxygen atoms in total. The Labute approximate surface area is 111 Å². The topological polar surface area (TPSA) is 54.5 Å². The van der Waals surface area contributed by atoms with Gasteiger partial charge in [0, 0.05) is 6.42 Å². The van der Waals surface area contributed by atoms with E-state index < -0.39 is 0 Å². The molecule has 0 saturated carbocycles. The first-order valence-corrected chi connectivity index (χ1v) is 6.12. The zero-order valence-electron chi connectivity index (χ0n) is 10.8. The number of imide groups is 1. The second kappa shape index (κ2) is 5.18. The van der Waals surface area contributed by atoms with Crippen LogP contribution < -0.4 is 0 Å². The van der Waals surface area contributed by atoms with Crippen LogP contribution in [0, 0.1) is 0 Å². The lowest BCUT2D eigenvalue weighted by molar-refractivity contribution is -0.116. The fraction of sp³-hybridized carbons (Fsp3) is 0.267. The summed E-state index contributed by atoms with van der Waals surface area (Å²) in [6, 6.07) is 6.76. The predicted molar refractivity (Wildman–Crippen MR) is 70.9 cm³/mol. The van der Waals surface area contributed by atoms with Crippen LogP contribution in [-0.2, 0) is 4.79 Å². The van der Waals surface area contributed by atoms with Crippen molar-refractivity contribution in [1.29, 1.82) is 0 Å². The van der Waals surface area contributed by atoms with Gasteiger partial charge >= 0.3 is 0 Å². The maximum absolute atomic E-state index is 12.1. The van der Waals surface area contributed by atoms with E-state index in [1.54, 1.807) is 24.3 Å². The molecule has 98 valence electrons. The number of carbonyl (C=O) groups excluding carboxylic acids is 3. The highest BCUT2D eigenvalue weighted by atomic mass is 16.2. The quantitative estimate of drug-likeness (QED) is 0.600. The van der Waals surface area contributed by atoms with Gasteiger partial charge in [-0.05, 0) is 25.5 Å². The minimum Gasteiger partial charge on any atom is -0.300 e. The smallest absolute Gasteiger partial charge is 0.261 e. The first-order chi connectivity index (χ1) is 9.00. The monoisotopic (exact) mass is 257 g/mol. The molecule has 0 spiro atoms. The lowest BCUT2D eigenvalue weighted by atomic mass is 10.1. The van der Waals surface area contributed by atoms with Gasteiger partial charge in [0.2, 0.25) is 0 Å². The zero-order valence-corrected chi connectivity index (χ0v) is 10.8. The number of hydrogen-bond donors (Lipinski definition) is 0. The number of benzene rings is 1. The van der Waals surface area contributed by atoms with Gasteiger partial charge in [-0.2, -0.15) is 0 Å². The summed E-state index contributed by atoms with van der Waals surface area (Å²) in [5.41, 5.74) is 1.59. The van der Waals surface area contributed by atoms with E-state index in [9.17, 15) is 14.4 Å². The average Bonchev–Trinajstić information content (AvgIpc) is 2.62. The zero-order chi connectivity index (χ0) is 14.0. The third-order valence-electron chi connectivity index (χ3n) is 3.09. The summed E-state index contributed by atoms with van der Waals surface area (Å²) < 4.78 is 0. The van der Waals surface area contributed by atoms with E-state index in [1.165, 1.54) is 11.8 Å². The lowest BCUT2D eigenvalue weighted by Crippen LogP contribution is -2.31. The van der Waals surface area contributed by atoms with Gasteiger partial charge in [0.25, 0.3) is 11.8 Å². The second-order valence-electron chi connectivity index (χ2n) is 4.69. The first-order valence-electron chi connectivity index (χ1n) is 6.12. The fourth-order valence-electron chi connectivity index (χ4n) is 2.04. The molecule has 2 amide bonds. The minimum atomic E-state index is -0.287. The average molecular weight is 257 g/mol. The highest BCUT2D eigenvalue weighted by Crippen LogP contribution is 2.23. The van der Waals surface area contributed by atoms with Crippen LogP contribution in [0.4, 0.5) is 0 Å². The first kappa shape index (κ1) is 13.2. The molecule has 0 aliphatic carbocycles. The van der Waals surface area contributed by atoms with E-state index in [-0.39, 0.29) is 24.1 Å². The molecule has 0 bridgehead atoms. The van der Waals surface area contributed by atoms with Gasteiger partial charge in [-0.15, -0.1) is 0 Å². The summed E-state index contributed by atoms with van der Waals surface area (Å²) in [5, 5.41) is 0. The molecule has 0 saturated heterocycles. The lowest BCUT2D eigenvalue weighted by Gasteiger charge is -2.15. The third-order valence-corrected chi connectivity index (χ3v) is 3.09. The summed E-state index contributed by atoms with van der Waals surface area (Å²) in [4.78, 5) is 36.2. The van der Waals surface area contributed by atoms with Gasteiger partial charge in [0.05, 0.1) is 17.7 Å². The summed E-state index contributed by atoms with van der Waals surface area (Å²) in [6.45, 7) is 5.51. The Morgan fingerprint density at radius 1 is 1.11 bits per heavy atom. The van der Waals surface area contributed by atoms with Crippen molar-refractivity contribution in [2.45, 2.75) is 19.8 Å². The molecule has 4 heteroatoms. The number of nitrogens with zero attached hydrogens (tertiary/aromatic N) is 1. The number of hydrogen-bond acceptors (Lipinski definition) is 3. The van der Waals surface area contributed by atoms with Crippen molar-refractivity contribution in [3.05, 3.63) is 47.5 Å². The SMILES string of the molecule is C=C(CCC(C)=O)CN1C(=O)c2ccccc2C1=O. The number of carbonyl (C=O) groups is 3. The largest absolute Gasteiger partial charge is 0.300 e. The van der Waals surface area contributed by atoms with Crippen molar-refractivity contribution < 1.29 is 14.4 Å². The summed E-state index contributed by atoms with van der Waals surface area (Å²) >= 11 is 0. The van der Waals surface area contributed by atoms with Crippen LogP contribution in [0.1, 0.15) is 40.5 Å². The minimum absolute atomic E-state index is 0.0727. The van der Waals surface area contributed by atoms with Gasteiger partial charge in [0.15, 0.2) is 0 Å². The van der Waals surface area contributed by atoms with E-state index in [1.807, 2.05) is 0 Å². The van der Waals surface area contributed by atoms with Crippen molar-refractivity contribution in [1.82, 2.24) is 4.90 Å². The van der Waals surface area contributed by atoms with E-state index in [4.69, 9.17) is 0 Å². The maximum Gasteiger partial charge on any atom is 0.261 e. The van der Waals surface area contributed by atoms with E-state index >= 15 is 0 Å². The normalized spacial score (nSPS) is 13.6. The van der Waals surface area contributed by atoms with Crippen LogP contribution in [0.2, 0.25) is 0 Å². The molecule has 0 unspecified atom stereocenters. The Hall–Kier alpha value is -2.23. The molecule has 2 rings (SSSR count). The van der Waals surface area contributed by atoms with Crippen LogP contribution in [0.5, 0.6) is 0 Å². The highest BCUT2D eigenvalue weighted by Gasteiger charge is 2.34. The van der Waals surface area contributed by atoms with E-state index in [0.717, 1.165) is 0 Å². The molecule has 0 aromatic heterocycles. The molecule has 0 atom stereocenters. The third kappa shape index (κ3) is 2.62. The Kier molecular flexibility index (Phi) is 3.60. The van der Waals surface area contributed by atoms with Gasteiger partial charge in [-0.1, -0.05) is 24.3 Å². The molecule has 19 heavy (non-hydrogen) atoms. The molecular weight excluding hydrogens is 242 g/mol. The Morgan fingerprint density at radius 2 is 1.63 bits per heavy atom. The van der Waals surface area contributed by atoms with Crippen LogP contribution in [0.25, 0.3) is 0 Å². The molecule has 1 aromatic carbocycles. The van der Waals surface area contributed by atoms with E-state index in [0.29, 0.717) is 29.5 Å². The molecule has 0 radical (unpaired) electrons. The van der Waals surface area contributed by atoms with Crippen LogP contribution in [0.3, 0.4) is 0 Å². The Morgan fingerprint density at radius 3 is 2.11 bits per heavy atom. The molecule has 1 aliphatic heterocycles. The highest BCUT2D eigenvalue weighted by molar-refractivity contribution is 6.21. The standard InChI is InChI=1S/C15H15NO3/c1-10(7-8-11(2)17)9-16-14(18)12-5-3-4-6-13(12)15(16)19/h3-6H,1,7-9H2,2H3. The van der Waals surface area contributed by atoms with Gasteiger partial charge in [0.1, 0.15) is 5.78 Å². The maximum atomic E-state index is 12.1. The van der Waals surface area contributed by atoms with Crippen LogP contribution >= 0.6 is 0 Å². The predicted octanol–water partition coefficient (Wildman–Crippen LogP) is 2.21. The van der Waals surface area contributed by atoms with Crippen molar-refractivity contribution in [3.63, 3.8) is 0 Å². The second-order valence-corrected chi connectivity index (χ2v) is 4.69. The molecular formula is C15H15NO3. The Balaban J connectivity index is 2.08. The number of rotatable bonds is 5. The summed E-state index contributed by atoms with van der Waals surface area (Å²) in [7, 11) is 0. The van der Waals surface area contributed by atoms with Gasteiger partial charge in [-0.25, -0.2) is 0 Å². The van der Waals surface area contributed by atoms with Crippen molar-refractivity contribution >= 4 is 17.6 Å². The Bertz CT molecular complexity index is 540. The van der Waals surface area contributed by atoms with E-state index in [2.05, 4.69) is 6.58 Å².